The average molecular weight is 307 g/mol. The number of phenols is 2. The summed E-state index contributed by atoms with van der Waals surface area (Å²) in [6, 6.07) is 13.7. The molecule has 0 unspecified atom stereocenters. The van der Waals surface area contributed by atoms with Crippen LogP contribution in [-0.2, 0) is 0 Å². The summed E-state index contributed by atoms with van der Waals surface area (Å²) in [7, 11) is 1.59. The minimum Gasteiger partial charge on any atom is -0.508 e. The van der Waals surface area contributed by atoms with Gasteiger partial charge >= 0.3 is 0 Å². The first kappa shape index (κ1) is 13.4. The van der Waals surface area contributed by atoms with Gasteiger partial charge in [-0.05, 0) is 35.7 Å². The molecular formula is C17H13N3O3. The predicted octanol–water partition coefficient (Wildman–Crippen LogP) is 2.99. The fourth-order valence-electron chi connectivity index (χ4n) is 2.61. The van der Waals surface area contributed by atoms with Gasteiger partial charge in [-0.3, -0.25) is 0 Å². The molecule has 1 heterocycles. The quantitative estimate of drug-likeness (QED) is 0.595. The number of benzene rings is 3. The molecule has 0 aliphatic carbocycles. The highest BCUT2D eigenvalue weighted by atomic mass is 16.5. The van der Waals surface area contributed by atoms with Gasteiger partial charge in [0, 0.05) is 11.5 Å². The number of fused-ring (bicyclic) bond motifs is 2. The van der Waals surface area contributed by atoms with E-state index in [-0.39, 0.29) is 11.5 Å². The average Bonchev–Trinajstić information content (AvgIpc) is 2.96. The Balaban J connectivity index is 2.01. The van der Waals surface area contributed by atoms with Crippen molar-refractivity contribution >= 4 is 21.8 Å². The second kappa shape index (κ2) is 4.88. The number of hydrogen-bond donors (Lipinski definition) is 2. The van der Waals surface area contributed by atoms with Crippen LogP contribution in [0.5, 0.6) is 17.2 Å². The summed E-state index contributed by atoms with van der Waals surface area (Å²) in [4.78, 5) is 1.38. The molecule has 2 N–H and O–H groups in total. The Labute approximate surface area is 131 Å². The molecule has 0 fully saturated rings. The van der Waals surface area contributed by atoms with Gasteiger partial charge in [0.1, 0.15) is 34.0 Å². The molecule has 0 radical (unpaired) electrons. The minimum absolute atomic E-state index is 0.0374. The van der Waals surface area contributed by atoms with Crippen LogP contribution in [0.4, 0.5) is 0 Å². The number of rotatable bonds is 2. The van der Waals surface area contributed by atoms with Crippen molar-refractivity contribution in [1.82, 2.24) is 15.0 Å². The van der Waals surface area contributed by atoms with Crippen LogP contribution in [0.2, 0.25) is 0 Å². The zero-order valence-electron chi connectivity index (χ0n) is 12.3. The number of ether oxygens (including phenoxy) is 1. The summed E-state index contributed by atoms with van der Waals surface area (Å²) in [5.74, 6) is 0.836. The van der Waals surface area contributed by atoms with Crippen LogP contribution in [0.1, 0.15) is 0 Å². The molecule has 23 heavy (non-hydrogen) atoms. The van der Waals surface area contributed by atoms with Crippen LogP contribution in [0.25, 0.3) is 27.5 Å². The first-order valence-electron chi connectivity index (χ1n) is 7.02. The van der Waals surface area contributed by atoms with Gasteiger partial charge in [0.2, 0.25) is 0 Å². The normalized spacial score (nSPS) is 11.2. The van der Waals surface area contributed by atoms with Crippen molar-refractivity contribution in [2.24, 2.45) is 0 Å². The van der Waals surface area contributed by atoms with Gasteiger partial charge in [0.15, 0.2) is 0 Å². The maximum Gasteiger partial charge on any atom is 0.143 e. The van der Waals surface area contributed by atoms with E-state index >= 15 is 0 Å². The summed E-state index contributed by atoms with van der Waals surface area (Å²) < 4.78 is 5.19. The van der Waals surface area contributed by atoms with Crippen molar-refractivity contribution in [2.45, 2.75) is 0 Å². The maximum absolute atomic E-state index is 10.3. The molecule has 0 saturated heterocycles. The molecule has 0 atom stereocenters. The van der Waals surface area contributed by atoms with Gasteiger partial charge in [-0.2, -0.15) is 0 Å². The van der Waals surface area contributed by atoms with Crippen molar-refractivity contribution < 1.29 is 14.9 Å². The third-order valence-corrected chi connectivity index (χ3v) is 3.74. The van der Waals surface area contributed by atoms with Crippen molar-refractivity contribution in [2.75, 3.05) is 7.11 Å². The molecule has 0 aliphatic rings. The van der Waals surface area contributed by atoms with Gasteiger partial charge < -0.3 is 14.9 Å². The topological polar surface area (TPSA) is 80.4 Å². The SMILES string of the molecule is COc1ccc2nn(-c3c(O)ccc4ccc(O)cc34)nc2c1. The smallest absolute Gasteiger partial charge is 0.143 e. The van der Waals surface area contributed by atoms with Gasteiger partial charge in [0.05, 0.1) is 7.11 Å². The molecule has 0 aliphatic heterocycles. The largest absolute Gasteiger partial charge is 0.508 e. The molecular weight excluding hydrogens is 294 g/mol. The lowest BCUT2D eigenvalue weighted by molar-refractivity contribution is 0.415. The number of nitrogens with zero attached hydrogens (tertiary/aromatic N) is 3. The van der Waals surface area contributed by atoms with Gasteiger partial charge in [-0.1, -0.05) is 12.1 Å². The molecule has 1 aromatic heterocycles. The third kappa shape index (κ3) is 2.12. The molecule has 0 spiro atoms. The van der Waals surface area contributed by atoms with Crippen molar-refractivity contribution in [3.05, 3.63) is 48.5 Å². The Kier molecular flexibility index (Phi) is 2.84. The Morgan fingerprint density at radius 2 is 1.70 bits per heavy atom. The Hall–Kier alpha value is -3.28. The molecule has 6 heteroatoms. The van der Waals surface area contributed by atoms with Crippen molar-refractivity contribution in [3.63, 3.8) is 0 Å². The third-order valence-electron chi connectivity index (χ3n) is 3.74. The summed E-state index contributed by atoms with van der Waals surface area (Å²) in [6.07, 6.45) is 0. The monoisotopic (exact) mass is 307 g/mol. The van der Waals surface area contributed by atoms with Crippen LogP contribution in [0.15, 0.2) is 48.5 Å². The number of aromatic nitrogens is 3. The van der Waals surface area contributed by atoms with E-state index in [0.717, 1.165) is 5.39 Å². The maximum atomic E-state index is 10.3. The lowest BCUT2D eigenvalue weighted by atomic mass is 10.1. The zero-order valence-corrected chi connectivity index (χ0v) is 12.3. The van der Waals surface area contributed by atoms with Gasteiger partial charge in [-0.15, -0.1) is 15.0 Å². The molecule has 0 saturated carbocycles. The fraction of sp³-hybridized carbons (Fsp3) is 0.0588. The van der Waals surface area contributed by atoms with Crippen molar-refractivity contribution in [1.29, 1.82) is 0 Å². The summed E-state index contributed by atoms with van der Waals surface area (Å²) in [6.45, 7) is 0. The number of aromatic hydroxyl groups is 2. The Morgan fingerprint density at radius 3 is 2.52 bits per heavy atom. The molecule has 4 aromatic rings. The van der Waals surface area contributed by atoms with Gasteiger partial charge in [-0.25, -0.2) is 0 Å². The second-order valence-corrected chi connectivity index (χ2v) is 5.18. The number of phenolic OH excluding ortho intramolecular Hbond substituents is 2. The summed E-state index contributed by atoms with van der Waals surface area (Å²) >= 11 is 0. The van der Waals surface area contributed by atoms with Gasteiger partial charge in [0.25, 0.3) is 0 Å². The zero-order chi connectivity index (χ0) is 16.0. The predicted molar refractivity (Wildman–Crippen MR) is 86.3 cm³/mol. The van der Waals surface area contributed by atoms with Crippen molar-refractivity contribution in [3.8, 4) is 22.9 Å². The van der Waals surface area contributed by atoms with E-state index in [1.54, 1.807) is 55.6 Å². The van der Waals surface area contributed by atoms with E-state index in [1.807, 2.05) is 0 Å². The first-order valence-corrected chi connectivity index (χ1v) is 7.02. The number of methoxy groups -OCH3 is 1. The molecule has 114 valence electrons. The second-order valence-electron chi connectivity index (χ2n) is 5.18. The highest BCUT2D eigenvalue weighted by Gasteiger charge is 2.14. The van der Waals surface area contributed by atoms with Crippen LogP contribution >= 0.6 is 0 Å². The molecule has 0 amide bonds. The van der Waals surface area contributed by atoms with E-state index in [2.05, 4.69) is 10.2 Å². The molecule has 0 bridgehead atoms. The summed E-state index contributed by atoms with van der Waals surface area (Å²) in [5.41, 5.74) is 1.76. The molecule has 4 rings (SSSR count). The van der Waals surface area contributed by atoms with E-state index < -0.39 is 0 Å². The van der Waals surface area contributed by atoms with Crippen LogP contribution in [0, 0.1) is 0 Å². The first-order chi connectivity index (χ1) is 11.2. The fourth-order valence-corrected chi connectivity index (χ4v) is 2.61. The lowest BCUT2D eigenvalue weighted by Crippen LogP contribution is -2.00. The van der Waals surface area contributed by atoms with E-state index in [0.29, 0.717) is 27.9 Å². The van der Waals surface area contributed by atoms with Crippen LogP contribution < -0.4 is 4.74 Å². The van der Waals surface area contributed by atoms with E-state index in [9.17, 15) is 10.2 Å². The van der Waals surface area contributed by atoms with Crippen LogP contribution in [-0.4, -0.2) is 32.3 Å². The Bertz CT molecular complexity index is 1030. The number of hydrogen-bond acceptors (Lipinski definition) is 5. The van der Waals surface area contributed by atoms with Crippen LogP contribution in [0.3, 0.4) is 0 Å². The minimum atomic E-state index is 0.0374. The van der Waals surface area contributed by atoms with E-state index in [1.165, 1.54) is 4.80 Å². The molecule has 6 nitrogen and oxygen atoms in total. The molecule has 3 aromatic carbocycles. The van der Waals surface area contributed by atoms with E-state index in [4.69, 9.17) is 4.74 Å². The standard InChI is InChI=1S/C17H13N3O3/c1-23-12-5-6-14-15(9-12)19-20(18-14)17-13-8-11(21)4-2-10(13)3-7-16(17)22/h2-9,21-22H,1H3. The highest BCUT2D eigenvalue weighted by molar-refractivity contribution is 5.93. The summed E-state index contributed by atoms with van der Waals surface area (Å²) in [5, 5.41) is 30.4. The highest BCUT2D eigenvalue weighted by Crippen LogP contribution is 2.32. The Morgan fingerprint density at radius 1 is 0.913 bits per heavy atom. The lowest BCUT2D eigenvalue weighted by Gasteiger charge is -2.08.